The van der Waals surface area contributed by atoms with Gasteiger partial charge in [0.15, 0.2) is 0 Å². The first-order valence-electron chi connectivity index (χ1n) is 6.81. The lowest BCUT2D eigenvalue weighted by Gasteiger charge is -2.34. The summed E-state index contributed by atoms with van der Waals surface area (Å²) in [5.41, 5.74) is 5.98. The van der Waals surface area contributed by atoms with E-state index in [1.54, 1.807) is 12.1 Å². The van der Waals surface area contributed by atoms with Crippen LogP contribution in [-0.4, -0.2) is 44.9 Å². The van der Waals surface area contributed by atoms with E-state index in [0.29, 0.717) is 19.5 Å². The molecule has 124 valence electrons. The third-order valence-corrected chi connectivity index (χ3v) is 5.77. The molecule has 0 bridgehead atoms. The van der Waals surface area contributed by atoms with E-state index in [0.717, 1.165) is 0 Å². The van der Waals surface area contributed by atoms with Crippen molar-refractivity contribution in [1.82, 2.24) is 4.31 Å². The van der Waals surface area contributed by atoms with Gasteiger partial charge in [0.2, 0.25) is 10.0 Å². The fourth-order valence-corrected chi connectivity index (χ4v) is 4.19. The summed E-state index contributed by atoms with van der Waals surface area (Å²) in [4.78, 5) is 11.7. The summed E-state index contributed by atoms with van der Waals surface area (Å²) < 4.78 is 31.6. The van der Waals surface area contributed by atoms with E-state index < -0.39 is 16.0 Å². The van der Waals surface area contributed by atoms with Crippen LogP contribution in [0.4, 0.5) is 0 Å². The highest BCUT2D eigenvalue weighted by Crippen LogP contribution is 2.25. The summed E-state index contributed by atoms with van der Waals surface area (Å²) >= 11 is 0. The molecule has 2 rings (SSSR count). The lowest BCUT2D eigenvalue weighted by Crippen LogP contribution is -2.48. The summed E-state index contributed by atoms with van der Waals surface area (Å²) in [6, 6.07) is 6.10. The standard InChI is InChI=1S/C14H20N2O4S.ClH/c1-10-9-16(8-7-12(10)15)21(18,19)13-6-4-3-5-11(13)14(17)20-2;/h3-6,10,12H,7-9,15H2,1-2H3;1H. The zero-order valence-corrected chi connectivity index (χ0v) is 14.2. The number of hydrogen-bond acceptors (Lipinski definition) is 5. The molecular formula is C14H21ClN2O4S. The van der Waals surface area contributed by atoms with Gasteiger partial charge in [-0.25, -0.2) is 13.2 Å². The van der Waals surface area contributed by atoms with Gasteiger partial charge in [-0.15, -0.1) is 12.4 Å². The summed E-state index contributed by atoms with van der Waals surface area (Å²) in [7, 11) is -2.50. The van der Waals surface area contributed by atoms with Crippen LogP contribution in [0, 0.1) is 5.92 Å². The van der Waals surface area contributed by atoms with Crippen LogP contribution in [-0.2, 0) is 14.8 Å². The molecule has 0 aliphatic carbocycles. The van der Waals surface area contributed by atoms with E-state index in [2.05, 4.69) is 4.74 Å². The van der Waals surface area contributed by atoms with Gasteiger partial charge >= 0.3 is 5.97 Å². The Bertz CT molecular complexity index is 635. The zero-order chi connectivity index (χ0) is 15.6. The molecule has 1 aromatic carbocycles. The van der Waals surface area contributed by atoms with Gasteiger partial charge in [-0.2, -0.15) is 4.31 Å². The number of benzene rings is 1. The van der Waals surface area contributed by atoms with Crippen molar-refractivity contribution in [2.75, 3.05) is 20.2 Å². The Labute approximate surface area is 137 Å². The molecule has 1 fully saturated rings. The smallest absolute Gasteiger partial charge is 0.339 e. The van der Waals surface area contributed by atoms with Crippen molar-refractivity contribution in [3.8, 4) is 0 Å². The first kappa shape index (κ1) is 18.9. The molecule has 1 heterocycles. The van der Waals surface area contributed by atoms with Crippen LogP contribution in [0.1, 0.15) is 23.7 Å². The maximum atomic E-state index is 12.8. The fourth-order valence-electron chi connectivity index (χ4n) is 2.45. The predicted octanol–water partition coefficient (Wildman–Crippen LogP) is 1.25. The van der Waals surface area contributed by atoms with Crippen LogP contribution in [0.15, 0.2) is 29.2 Å². The zero-order valence-electron chi connectivity index (χ0n) is 12.6. The van der Waals surface area contributed by atoms with Crippen molar-refractivity contribution in [3.05, 3.63) is 29.8 Å². The Hall–Kier alpha value is -1.15. The Morgan fingerprint density at radius 2 is 2.00 bits per heavy atom. The van der Waals surface area contributed by atoms with Crippen molar-refractivity contribution in [3.63, 3.8) is 0 Å². The van der Waals surface area contributed by atoms with Gasteiger partial charge < -0.3 is 10.5 Å². The predicted molar refractivity (Wildman–Crippen MR) is 85.5 cm³/mol. The van der Waals surface area contributed by atoms with Crippen LogP contribution in [0.5, 0.6) is 0 Å². The third kappa shape index (κ3) is 3.60. The van der Waals surface area contributed by atoms with Crippen molar-refractivity contribution in [2.24, 2.45) is 11.7 Å². The van der Waals surface area contributed by atoms with Crippen LogP contribution in [0.2, 0.25) is 0 Å². The lowest BCUT2D eigenvalue weighted by molar-refractivity contribution is 0.0596. The van der Waals surface area contributed by atoms with E-state index in [4.69, 9.17) is 5.73 Å². The SMILES string of the molecule is COC(=O)c1ccccc1S(=O)(=O)N1CCC(N)C(C)C1.Cl. The molecule has 0 radical (unpaired) electrons. The van der Waals surface area contributed by atoms with Crippen molar-refractivity contribution in [2.45, 2.75) is 24.3 Å². The minimum absolute atomic E-state index is 0. The van der Waals surface area contributed by atoms with E-state index in [9.17, 15) is 13.2 Å². The second kappa shape index (κ2) is 7.41. The van der Waals surface area contributed by atoms with Crippen LogP contribution >= 0.6 is 12.4 Å². The first-order chi connectivity index (χ1) is 9.87. The lowest BCUT2D eigenvalue weighted by atomic mass is 9.96. The molecule has 0 amide bonds. The average Bonchev–Trinajstić information content (AvgIpc) is 2.49. The molecule has 0 spiro atoms. The number of piperidine rings is 1. The molecule has 0 saturated carbocycles. The number of hydrogen-bond donors (Lipinski definition) is 1. The Balaban J connectivity index is 0.00000242. The number of rotatable bonds is 3. The average molecular weight is 349 g/mol. The quantitative estimate of drug-likeness (QED) is 0.830. The maximum absolute atomic E-state index is 12.8. The van der Waals surface area contributed by atoms with Gasteiger partial charge in [0.1, 0.15) is 0 Å². The molecule has 2 N–H and O–H groups in total. The highest BCUT2D eigenvalue weighted by atomic mass is 35.5. The molecule has 1 aromatic rings. The van der Waals surface area contributed by atoms with Crippen LogP contribution in [0.3, 0.4) is 0 Å². The molecular weight excluding hydrogens is 328 g/mol. The van der Waals surface area contributed by atoms with E-state index >= 15 is 0 Å². The molecule has 0 aromatic heterocycles. The Kier molecular flexibility index (Phi) is 6.37. The molecule has 22 heavy (non-hydrogen) atoms. The molecule has 6 nitrogen and oxygen atoms in total. The first-order valence-corrected chi connectivity index (χ1v) is 8.25. The number of sulfonamides is 1. The normalized spacial score (nSPS) is 22.7. The minimum Gasteiger partial charge on any atom is -0.465 e. The van der Waals surface area contributed by atoms with Gasteiger partial charge in [0.25, 0.3) is 0 Å². The van der Waals surface area contributed by atoms with Gasteiger partial charge in [-0.05, 0) is 24.5 Å². The van der Waals surface area contributed by atoms with Crippen LogP contribution in [0.25, 0.3) is 0 Å². The van der Waals surface area contributed by atoms with E-state index in [-0.39, 0.29) is 34.8 Å². The van der Waals surface area contributed by atoms with Gasteiger partial charge in [0, 0.05) is 19.1 Å². The summed E-state index contributed by atoms with van der Waals surface area (Å²) in [6.45, 7) is 2.65. The van der Waals surface area contributed by atoms with Crippen molar-refractivity contribution in [1.29, 1.82) is 0 Å². The molecule has 1 aliphatic heterocycles. The fraction of sp³-hybridized carbons (Fsp3) is 0.500. The number of methoxy groups -OCH3 is 1. The summed E-state index contributed by atoms with van der Waals surface area (Å²) in [5, 5.41) is 0. The van der Waals surface area contributed by atoms with Gasteiger partial charge in [0.05, 0.1) is 17.6 Å². The van der Waals surface area contributed by atoms with E-state index in [1.807, 2.05) is 6.92 Å². The highest BCUT2D eigenvalue weighted by Gasteiger charge is 2.34. The second-order valence-corrected chi connectivity index (χ2v) is 7.19. The molecule has 2 atom stereocenters. The Morgan fingerprint density at radius 3 is 2.59 bits per heavy atom. The summed E-state index contributed by atoms with van der Waals surface area (Å²) in [6.07, 6.45) is 0.612. The molecule has 1 saturated heterocycles. The number of nitrogens with two attached hydrogens (primary N) is 1. The third-order valence-electron chi connectivity index (χ3n) is 3.84. The Morgan fingerprint density at radius 1 is 1.36 bits per heavy atom. The molecule has 8 heteroatoms. The van der Waals surface area contributed by atoms with E-state index in [1.165, 1.54) is 23.5 Å². The summed E-state index contributed by atoms with van der Waals surface area (Å²) in [5.74, 6) is -0.574. The number of halogens is 1. The topological polar surface area (TPSA) is 89.7 Å². The largest absolute Gasteiger partial charge is 0.465 e. The molecule has 2 unspecified atom stereocenters. The van der Waals surface area contributed by atoms with Crippen LogP contribution < -0.4 is 5.73 Å². The number of carbonyl (C=O) groups is 1. The molecule has 1 aliphatic rings. The highest BCUT2D eigenvalue weighted by molar-refractivity contribution is 7.89. The van der Waals surface area contributed by atoms with Crippen molar-refractivity contribution >= 4 is 28.4 Å². The number of nitrogens with zero attached hydrogens (tertiary/aromatic N) is 1. The number of esters is 1. The van der Waals surface area contributed by atoms with Crippen molar-refractivity contribution < 1.29 is 17.9 Å². The minimum atomic E-state index is -3.73. The second-order valence-electron chi connectivity index (χ2n) is 5.28. The van der Waals surface area contributed by atoms with Gasteiger partial charge in [-0.1, -0.05) is 19.1 Å². The maximum Gasteiger partial charge on any atom is 0.339 e. The van der Waals surface area contributed by atoms with Gasteiger partial charge in [-0.3, -0.25) is 0 Å². The number of ether oxygens (including phenoxy) is 1. The number of carbonyl (C=O) groups excluding carboxylic acids is 1. The monoisotopic (exact) mass is 348 g/mol.